The van der Waals surface area contributed by atoms with Gasteiger partial charge in [0.1, 0.15) is 11.4 Å². The number of hydrogen-bond donors (Lipinski definition) is 2. The van der Waals surface area contributed by atoms with Crippen LogP contribution in [0.1, 0.15) is 21.7 Å². The summed E-state index contributed by atoms with van der Waals surface area (Å²) in [7, 11) is 0. The Morgan fingerprint density at radius 2 is 1.86 bits per heavy atom. The molecule has 0 spiro atoms. The lowest BCUT2D eigenvalue weighted by Gasteiger charge is -2.09. The second-order valence-electron chi connectivity index (χ2n) is 4.77. The van der Waals surface area contributed by atoms with E-state index in [0.717, 1.165) is 11.3 Å². The molecule has 2 rings (SSSR count). The zero-order valence-corrected chi connectivity index (χ0v) is 12.4. The Labute approximate surface area is 128 Å². The molecule has 0 aliphatic heterocycles. The van der Waals surface area contributed by atoms with E-state index in [1.54, 1.807) is 31.2 Å². The summed E-state index contributed by atoms with van der Waals surface area (Å²) in [5.41, 5.74) is 6.57. The molecule has 0 bridgehead atoms. The minimum atomic E-state index is -0.479. The summed E-state index contributed by atoms with van der Waals surface area (Å²) in [6, 6.07) is 12.4. The number of ether oxygens (including phenoxy) is 1. The smallest absolute Gasteiger partial charge is 0.288 e. The van der Waals surface area contributed by atoms with Gasteiger partial charge in [0.15, 0.2) is 6.61 Å². The zero-order chi connectivity index (χ0) is 15.9. The number of nitrogens with zero attached hydrogens (tertiary/aromatic N) is 1. The molecule has 0 radical (unpaired) electrons. The quantitative estimate of drug-likeness (QED) is 0.839. The van der Waals surface area contributed by atoms with E-state index < -0.39 is 11.8 Å². The second-order valence-corrected chi connectivity index (χ2v) is 4.77. The van der Waals surface area contributed by atoms with Crippen molar-refractivity contribution in [3.63, 3.8) is 0 Å². The Hall–Kier alpha value is -2.89. The van der Waals surface area contributed by atoms with Crippen LogP contribution in [0.25, 0.3) is 0 Å². The van der Waals surface area contributed by atoms with Crippen LogP contribution in [0.2, 0.25) is 0 Å². The van der Waals surface area contributed by atoms with Crippen molar-refractivity contribution < 1.29 is 14.3 Å². The molecule has 2 aromatic rings. The van der Waals surface area contributed by atoms with Crippen LogP contribution in [-0.4, -0.2) is 23.4 Å². The highest BCUT2D eigenvalue weighted by Gasteiger charge is 2.09. The molecule has 2 N–H and O–H groups in total. The predicted octanol–water partition coefficient (Wildman–Crippen LogP) is 1.54. The summed E-state index contributed by atoms with van der Waals surface area (Å²) in [5.74, 6) is -0.336. The van der Waals surface area contributed by atoms with Crippen LogP contribution in [0.4, 0.5) is 0 Å². The van der Waals surface area contributed by atoms with E-state index in [-0.39, 0.29) is 12.3 Å². The second kappa shape index (κ2) is 7.21. The average Bonchev–Trinajstić information content (AvgIpc) is 2.50. The number of hydrazine groups is 1. The van der Waals surface area contributed by atoms with Crippen LogP contribution in [0, 0.1) is 13.8 Å². The lowest BCUT2D eigenvalue weighted by molar-refractivity contribution is -0.123. The summed E-state index contributed by atoms with van der Waals surface area (Å²) >= 11 is 0. The molecular formula is C16H17N3O3. The molecule has 0 saturated carbocycles. The van der Waals surface area contributed by atoms with E-state index in [9.17, 15) is 9.59 Å². The highest BCUT2D eigenvalue weighted by atomic mass is 16.5. The van der Waals surface area contributed by atoms with E-state index >= 15 is 0 Å². The van der Waals surface area contributed by atoms with Gasteiger partial charge in [-0.25, -0.2) is 4.98 Å². The molecule has 0 atom stereocenters. The Kier molecular flexibility index (Phi) is 5.08. The first-order valence-electron chi connectivity index (χ1n) is 6.77. The zero-order valence-electron chi connectivity index (χ0n) is 12.4. The van der Waals surface area contributed by atoms with E-state index in [4.69, 9.17) is 4.74 Å². The summed E-state index contributed by atoms with van der Waals surface area (Å²) in [4.78, 5) is 27.5. The van der Waals surface area contributed by atoms with Gasteiger partial charge in [0.25, 0.3) is 11.8 Å². The molecule has 0 saturated heterocycles. The van der Waals surface area contributed by atoms with Gasteiger partial charge in [-0.2, -0.15) is 0 Å². The van der Waals surface area contributed by atoms with Crippen molar-refractivity contribution >= 4 is 11.8 Å². The van der Waals surface area contributed by atoms with Gasteiger partial charge in [0.2, 0.25) is 0 Å². The van der Waals surface area contributed by atoms with Gasteiger partial charge >= 0.3 is 0 Å². The highest BCUT2D eigenvalue weighted by molar-refractivity contribution is 5.93. The normalized spacial score (nSPS) is 9.91. The van der Waals surface area contributed by atoms with E-state index in [1.807, 2.05) is 25.1 Å². The van der Waals surface area contributed by atoms with Crippen LogP contribution >= 0.6 is 0 Å². The molecule has 22 heavy (non-hydrogen) atoms. The highest BCUT2D eigenvalue weighted by Crippen LogP contribution is 2.11. The maximum absolute atomic E-state index is 11.8. The van der Waals surface area contributed by atoms with E-state index in [1.165, 1.54) is 0 Å². The Bertz CT molecular complexity index is 686. The number of amides is 2. The standard InChI is InChI=1S/C16H17N3O3/c1-11-5-3-7-13(9-11)22-10-15(20)18-19-16(21)14-8-4-6-12(2)17-14/h3-9H,10H2,1-2H3,(H,18,20)(H,19,21). The minimum absolute atomic E-state index is 0.190. The molecule has 6 heteroatoms. The number of hydrogen-bond acceptors (Lipinski definition) is 4. The monoisotopic (exact) mass is 299 g/mol. The molecule has 2 amide bonds. The first kappa shape index (κ1) is 15.5. The van der Waals surface area contributed by atoms with Gasteiger partial charge in [0.05, 0.1) is 0 Å². The summed E-state index contributed by atoms with van der Waals surface area (Å²) in [6.45, 7) is 3.53. The average molecular weight is 299 g/mol. The van der Waals surface area contributed by atoms with Crippen molar-refractivity contribution in [1.82, 2.24) is 15.8 Å². The maximum Gasteiger partial charge on any atom is 0.288 e. The van der Waals surface area contributed by atoms with Crippen molar-refractivity contribution in [2.75, 3.05) is 6.61 Å². The molecule has 0 aliphatic carbocycles. The van der Waals surface area contributed by atoms with Crippen molar-refractivity contribution in [3.8, 4) is 5.75 Å². The van der Waals surface area contributed by atoms with Crippen molar-refractivity contribution in [2.24, 2.45) is 0 Å². The first-order chi connectivity index (χ1) is 10.5. The minimum Gasteiger partial charge on any atom is -0.484 e. The molecule has 0 unspecified atom stereocenters. The molecule has 0 fully saturated rings. The number of benzene rings is 1. The molecule has 1 aromatic heterocycles. The summed E-state index contributed by atoms with van der Waals surface area (Å²) < 4.78 is 5.33. The number of carbonyl (C=O) groups excluding carboxylic acids is 2. The molecule has 114 valence electrons. The van der Waals surface area contributed by atoms with Crippen LogP contribution in [0.5, 0.6) is 5.75 Å². The van der Waals surface area contributed by atoms with Gasteiger partial charge in [-0.3, -0.25) is 20.4 Å². The third-order valence-electron chi connectivity index (χ3n) is 2.80. The fraction of sp³-hybridized carbons (Fsp3) is 0.188. The Morgan fingerprint density at radius 3 is 2.59 bits per heavy atom. The number of aromatic nitrogens is 1. The van der Waals surface area contributed by atoms with Crippen LogP contribution < -0.4 is 15.6 Å². The van der Waals surface area contributed by atoms with Crippen molar-refractivity contribution in [1.29, 1.82) is 0 Å². The van der Waals surface area contributed by atoms with Crippen LogP contribution in [0.15, 0.2) is 42.5 Å². The molecule has 0 aliphatic rings. The molecule has 6 nitrogen and oxygen atoms in total. The topological polar surface area (TPSA) is 80.3 Å². The number of pyridine rings is 1. The molecule has 1 aromatic carbocycles. The third kappa shape index (κ3) is 4.59. The lowest BCUT2D eigenvalue weighted by atomic mass is 10.2. The first-order valence-corrected chi connectivity index (χ1v) is 6.77. The number of nitrogens with one attached hydrogen (secondary N) is 2. The largest absolute Gasteiger partial charge is 0.484 e. The van der Waals surface area contributed by atoms with Crippen molar-refractivity contribution in [3.05, 3.63) is 59.4 Å². The maximum atomic E-state index is 11.8. The van der Waals surface area contributed by atoms with Gasteiger partial charge in [-0.1, -0.05) is 18.2 Å². The molecule has 1 heterocycles. The van der Waals surface area contributed by atoms with Crippen LogP contribution in [-0.2, 0) is 4.79 Å². The third-order valence-corrected chi connectivity index (χ3v) is 2.80. The summed E-state index contributed by atoms with van der Waals surface area (Å²) in [5, 5.41) is 0. The predicted molar refractivity (Wildman–Crippen MR) is 81.3 cm³/mol. The summed E-state index contributed by atoms with van der Waals surface area (Å²) in [6.07, 6.45) is 0. The van der Waals surface area contributed by atoms with Gasteiger partial charge in [-0.05, 0) is 43.7 Å². The van der Waals surface area contributed by atoms with Gasteiger partial charge in [0, 0.05) is 5.69 Å². The van der Waals surface area contributed by atoms with E-state index in [2.05, 4.69) is 15.8 Å². The number of carbonyl (C=O) groups is 2. The van der Waals surface area contributed by atoms with Gasteiger partial charge in [-0.15, -0.1) is 0 Å². The Balaban J connectivity index is 1.79. The SMILES string of the molecule is Cc1cccc(OCC(=O)NNC(=O)c2cccc(C)n2)c1. The van der Waals surface area contributed by atoms with Gasteiger partial charge < -0.3 is 4.74 Å². The van der Waals surface area contributed by atoms with Crippen LogP contribution in [0.3, 0.4) is 0 Å². The number of aryl methyl sites for hydroxylation is 2. The fourth-order valence-electron chi connectivity index (χ4n) is 1.75. The van der Waals surface area contributed by atoms with E-state index in [0.29, 0.717) is 5.75 Å². The molecular weight excluding hydrogens is 282 g/mol. The van der Waals surface area contributed by atoms with Crippen molar-refractivity contribution in [2.45, 2.75) is 13.8 Å². The number of rotatable bonds is 4. The lowest BCUT2D eigenvalue weighted by Crippen LogP contribution is -2.44. The Morgan fingerprint density at radius 1 is 1.09 bits per heavy atom. The fourth-order valence-corrected chi connectivity index (χ4v) is 1.75.